The van der Waals surface area contributed by atoms with E-state index in [1.807, 2.05) is 12.1 Å². The van der Waals surface area contributed by atoms with Crippen LogP contribution in [0.4, 0.5) is 0 Å². The van der Waals surface area contributed by atoms with Gasteiger partial charge in [0.15, 0.2) is 5.96 Å². The molecule has 5 rings (SSSR count). The van der Waals surface area contributed by atoms with Crippen molar-refractivity contribution in [3.63, 3.8) is 0 Å². The van der Waals surface area contributed by atoms with E-state index in [4.69, 9.17) is 14.2 Å². The maximum absolute atomic E-state index is 12.5. The number of nitrogens with zero attached hydrogens (tertiary/aromatic N) is 3. The SMILES string of the molecule is Cc1cn(CC(=O)OC[C@@H]2CCN3CC[C@@H](CO[Si](c4ccccc4)(c4ccccc4)C(C)(C)C)N=C3N2)c(=O)[nH]c1=O. The first-order chi connectivity index (χ1) is 20.6. The molecule has 10 nitrogen and oxygen atoms in total. The van der Waals surface area contributed by atoms with E-state index in [0.29, 0.717) is 12.2 Å². The van der Waals surface area contributed by atoms with E-state index >= 15 is 0 Å². The van der Waals surface area contributed by atoms with Crippen LogP contribution in [0.3, 0.4) is 0 Å². The molecule has 0 radical (unpaired) electrons. The Hall–Kier alpha value is -3.96. The lowest BCUT2D eigenvalue weighted by molar-refractivity contribution is -0.145. The molecular weight excluding hydrogens is 562 g/mol. The van der Waals surface area contributed by atoms with Gasteiger partial charge in [-0.05, 0) is 35.2 Å². The molecule has 0 saturated carbocycles. The molecule has 1 saturated heterocycles. The number of aliphatic imine (C=N–C) groups is 1. The normalized spacial score (nSPS) is 18.8. The van der Waals surface area contributed by atoms with Crippen LogP contribution in [0.25, 0.3) is 0 Å². The number of aryl methyl sites for hydroxylation is 1. The minimum absolute atomic E-state index is 0.00273. The summed E-state index contributed by atoms with van der Waals surface area (Å²) in [5, 5.41) is 5.84. The van der Waals surface area contributed by atoms with Crippen LogP contribution in [-0.4, -0.2) is 73.1 Å². The molecule has 2 N–H and O–H groups in total. The average molecular weight is 604 g/mol. The smallest absolute Gasteiger partial charge is 0.328 e. The van der Waals surface area contributed by atoms with Gasteiger partial charge >= 0.3 is 11.7 Å². The van der Waals surface area contributed by atoms with Crippen LogP contribution >= 0.6 is 0 Å². The molecule has 11 heteroatoms. The number of aromatic amines is 1. The summed E-state index contributed by atoms with van der Waals surface area (Å²) in [5.41, 5.74) is -0.749. The van der Waals surface area contributed by atoms with E-state index in [1.54, 1.807) is 6.92 Å². The topological polar surface area (TPSA) is 118 Å². The molecule has 1 aromatic heterocycles. The summed E-state index contributed by atoms with van der Waals surface area (Å²) in [5.74, 6) is 0.266. The van der Waals surface area contributed by atoms with Crippen LogP contribution in [0, 0.1) is 6.92 Å². The van der Waals surface area contributed by atoms with Gasteiger partial charge in [0.05, 0.1) is 18.7 Å². The van der Waals surface area contributed by atoms with Crippen molar-refractivity contribution in [2.45, 2.75) is 64.2 Å². The lowest BCUT2D eigenvalue weighted by Crippen LogP contribution is -2.67. The van der Waals surface area contributed by atoms with E-state index in [1.165, 1.54) is 16.6 Å². The summed E-state index contributed by atoms with van der Waals surface area (Å²) < 4.78 is 13.8. The fourth-order valence-electron chi connectivity index (χ4n) is 5.99. The maximum atomic E-state index is 12.5. The molecule has 1 fully saturated rings. The highest BCUT2D eigenvalue weighted by molar-refractivity contribution is 6.99. The van der Waals surface area contributed by atoms with E-state index in [-0.39, 0.29) is 30.3 Å². The van der Waals surface area contributed by atoms with Gasteiger partial charge in [0.1, 0.15) is 13.2 Å². The fourth-order valence-corrected chi connectivity index (χ4v) is 10.6. The Kier molecular flexibility index (Phi) is 9.02. The number of ether oxygens (including phenoxy) is 1. The number of esters is 1. The fraction of sp³-hybridized carbons (Fsp3) is 0.438. The van der Waals surface area contributed by atoms with Crippen molar-refractivity contribution in [3.05, 3.63) is 93.3 Å². The lowest BCUT2D eigenvalue weighted by atomic mass is 10.1. The molecule has 0 unspecified atom stereocenters. The average Bonchev–Trinajstić information content (AvgIpc) is 2.99. The van der Waals surface area contributed by atoms with Gasteiger partial charge in [0.2, 0.25) is 0 Å². The van der Waals surface area contributed by atoms with Crippen molar-refractivity contribution >= 4 is 30.6 Å². The largest absolute Gasteiger partial charge is 0.462 e. The third-order valence-electron chi connectivity index (χ3n) is 8.26. The number of fused-ring (bicyclic) bond motifs is 1. The number of carbonyl (C=O) groups excluding carboxylic acids is 1. The van der Waals surface area contributed by atoms with Crippen LogP contribution < -0.4 is 26.9 Å². The Balaban J connectivity index is 1.26. The van der Waals surface area contributed by atoms with Crippen molar-refractivity contribution in [1.29, 1.82) is 0 Å². The van der Waals surface area contributed by atoms with Gasteiger partial charge in [0.25, 0.3) is 13.9 Å². The van der Waals surface area contributed by atoms with Crippen molar-refractivity contribution < 1.29 is 14.0 Å². The van der Waals surface area contributed by atoms with Crippen molar-refractivity contribution in [3.8, 4) is 0 Å². The number of aromatic nitrogens is 2. The minimum Gasteiger partial charge on any atom is -0.462 e. The van der Waals surface area contributed by atoms with Crippen LogP contribution in [0.2, 0.25) is 5.04 Å². The van der Waals surface area contributed by atoms with Crippen LogP contribution in [-0.2, 0) is 20.5 Å². The number of carbonyl (C=O) groups is 1. The Morgan fingerprint density at radius 2 is 1.60 bits per heavy atom. The van der Waals surface area contributed by atoms with E-state index in [2.05, 4.69) is 84.5 Å². The Morgan fingerprint density at radius 1 is 0.977 bits per heavy atom. The summed E-state index contributed by atoms with van der Waals surface area (Å²) in [6.07, 6.45) is 3.06. The molecule has 2 aliphatic rings. The molecule has 0 aliphatic carbocycles. The van der Waals surface area contributed by atoms with Crippen LogP contribution in [0.1, 0.15) is 39.2 Å². The Bertz CT molecular complexity index is 1530. The molecule has 0 spiro atoms. The van der Waals surface area contributed by atoms with E-state index < -0.39 is 25.5 Å². The highest BCUT2D eigenvalue weighted by Crippen LogP contribution is 2.37. The number of H-pyrrole nitrogens is 1. The van der Waals surface area contributed by atoms with Crippen LogP contribution in [0.15, 0.2) is 81.4 Å². The molecule has 2 atom stereocenters. The number of hydrogen-bond donors (Lipinski definition) is 2. The maximum Gasteiger partial charge on any atom is 0.328 e. The summed E-state index contributed by atoms with van der Waals surface area (Å²) in [6.45, 7) is 10.5. The third kappa shape index (κ3) is 6.67. The highest BCUT2D eigenvalue weighted by Gasteiger charge is 2.50. The standard InChI is InChI=1S/C32H41N5O5Si/c1-23-19-37(31(40)35-29(23)39)20-28(38)41-21-24-15-17-36-18-16-25(34-30(36)33-24)22-42-43(32(2,3)4,26-11-7-5-8-12-26)27-13-9-6-10-14-27/h5-14,19,24-25H,15-18,20-22H2,1-4H3,(H,33,34)(H,35,39,40)/t24-,25-/m0/s1. The van der Waals surface area contributed by atoms with E-state index in [9.17, 15) is 14.4 Å². The third-order valence-corrected chi connectivity index (χ3v) is 13.3. The quantitative estimate of drug-likeness (QED) is 0.283. The molecule has 3 heterocycles. The Morgan fingerprint density at radius 3 is 2.23 bits per heavy atom. The minimum atomic E-state index is -2.66. The molecular formula is C32H41N5O5Si. The summed E-state index contributed by atoms with van der Waals surface area (Å²) in [7, 11) is -2.66. The van der Waals surface area contributed by atoms with Gasteiger partial charge < -0.3 is 19.4 Å². The van der Waals surface area contributed by atoms with Crippen molar-refractivity contribution in [1.82, 2.24) is 19.8 Å². The summed E-state index contributed by atoms with van der Waals surface area (Å²) in [4.78, 5) is 45.6. The lowest BCUT2D eigenvalue weighted by Gasteiger charge is -2.44. The molecule has 0 amide bonds. The van der Waals surface area contributed by atoms with Crippen LogP contribution in [0.5, 0.6) is 0 Å². The molecule has 2 aromatic carbocycles. The second kappa shape index (κ2) is 12.7. The first-order valence-corrected chi connectivity index (χ1v) is 16.8. The predicted octanol–water partition coefficient (Wildman–Crippen LogP) is 1.76. The second-order valence-corrected chi connectivity index (χ2v) is 16.7. The van der Waals surface area contributed by atoms with Gasteiger partial charge in [-0.3, -0.25) is 19.1 Å². The molecule has 43 heavy (non-hydrogen) atoms. The number of rotatable bonds is 9. The monoisotopic (exact) mass is 603 g/mol. The van der Waals surface area contributed by atoms with Crippen molar-refractivity contribution in [2.24, 2.45) is 4.99 Å². The summed E-state index contributed by atoms with van der Waals surface area (Å²) >= 11 is 0. The number of guanidine groups is 1. The molecule has 3 aromatic rings. The van der Waals surface area contributed by atoms with Gasteiger partial charge in [-0.2, -0.15) is 0 Å². The second-order valence-electron chi connectivity index (χ2n) is 12.4. The number of hydrogen-bond acceptors (Lipinski definition) is 8. The van der Waals surface area contributed by atoms with Crippen molar-refractivity contribution in [2.75, 3.05) is 26.3 Å². The van der Waals surface area contributed by atoms with Gasteiger partial charge in [-0.15, -0.1) is 0 Å². The number of benzene rings is 2. The van der Waals surface area contributed by atoms with Gasteiger partial charge in [0, 0.05) is 24.8 Å². The zero-order valence-corrected chi connectivity index (χ0v) is 26.3. The molecule has 2 aliphatic heterocycles. The first kappa shape index (κ1) is 30.5. The van der Waals surface area contributed by atoms with Gasteiger partial charge in [-0.1, -0.05) is 81.4 Å². The zero-order valence-electron chi connectivity index (χ0n) is 25.3. The summed E-state index contributed by atoms with van der Waals surface area (Å²) in [6, 6.07) is 21.1. The molecule has 0 bridgehead atoms. The predicted molar refractivity (Wildman–Crippen MR) is 170 cm³/mol. The highest BCUT2D eigenvalue weighted by atomic mass is 28.4. The number of nitrogens with one attached hydrogen (secondary N) is 2. The molecule has 228 valence electrons. The first-order valence-electron chi connectivity index (χ1n) is 14.9. The zero-order chi connectivity index (χ0) is 30.6. The van der Waals surface area contributed by atoms with E-state index in [0.717, 1.165) is 36.5 Å². The Labute approximate surface area is 252 Å². The van der Waals surface area contributed by atoms with Gasteiger partial charge in [-0.25, -0.2) is 9.79 Å².